The number of nitro groups is 1. The van der Waals surface area contributed by atoms with Crippen LogP contribution in [-0.4, -0.2) is 33.1 Å². The van der Waals surface area contributed by atoms with Gasteiger partial charge >= 0.3 is 11.9 Å². The lowest BCUT2D eigenvalue weighted by Crippen LogP contribution is -2.27. The van der Waals surface area contributed by atoms with Crippen LogP contribution in [-0.2, 0) is 16.0 Å². The second-order valence-electron chi connectivity index (χ2n) is 5.87. The zero-order valence-corrected chi connectivity index (χ0v) is 13.3. The third-order valence-electron chi connectivity index (χ3n) is 3.86. The maximum Gasteiger partial charge on any atom is 0.307 e. The van der Waals surface area contributed by atoms with Crippen molar-refractivity contribution >= 4 is 17.6 Å². The molecule has 132 valence electrons. The van der Waals surface area contributed by atoms with Crippen molar-refractivity contribution in [3.05, 3.63) is 39.9 Å². The summed E-state index contributed by atoms with van der Waals surface area (Å²) in [4.78, 5) is 30.3. The molecule has 0 aromatic heterocycles. The minimum atomic E-state index is -0.950. The molecular formula is C16H22N2O6. The Morgan fingerprint density at radius 2 is 1.62 bits per heavy atom. The SMILES string of the molecule is NC1CCC(CC(=O)O)CC1.O=C(O)Cc1ccc([N+](=O)[O-])cc1. The average Bonchev–Trinajstić information content (AvgIpc) is 2.50. The van der Waals surface area contributed by atoms with Crippen LogP contribution in [0.3, 0.4) is 0 Å². The minimum absolute atomic E-state index is 0.0332. The molecule has 1 aliphatic rings. The lowest BCUT2D eigenvalue weighted by atomic mass is 9.84. The Kier molecular flexibility index (Phi) is 7.84. The van der Waals surface area contributed by atoms with Gasteiger partial charge in [0.05, 0.1) is 11.3 Å². The van der Waals surface area contributed by atoms with Crippen LogP contribution < -0.4 is 5.73 Å². The zero-order valence-electron chi connectivity index (χ0n) is 13.3. The summed E-state index contributed by atoms with van der Waals surface area (Å²) in [5, 5.41) is 27.1. The molecule has 0 amide bonds. The van der Waals surface area contributed by atoms with Crippen molar-refractivity contribution in [2.75, 3.05) is 0 Å². The molecule has 1 aliphatic carbocycles. The number of nitrogens with two attached hydrogens (primary N) is 1. The Morgan fingerprint density at radius 3 is 2.04 bits per heavy atom. The molecule has 4 N–H and O–H groups in total. The monoisotopic (exact) mass is 338 g/mol. The van der Waals surface area contributed by atoms with Gasteiger partial charge in [0.2, 0.25) is 0 Å². The largest absolute Gasteiger partial charge is 0.481 e. The molecule has 1 fully saturated rings. The summed E-state index contributed by atoms with van der Waals surface area (Å²) >= 11 is 0. The van der Waals surface area contributed by atoms with Crippen LogP contribution in [0.5, 0.6) is 0 Å². The maximum absolute atomic E-state index is 10.3. The first kappa shape index (κ1) is 19.6. The van der Waals surface area contributed by atoms with Gasteiger partial charge in [-0.05, 0) is 37.2 Å². The van der Waals surface area contributed by atoms with Crippen LogP contribution in [0.2, 0.25) is 0 Å². The van der Waals surface area contributed by atoms with Crippen LogP contribution in [0.1, 0.15) is 37.7 Å². The van der Waals surface area contributed by atoms with Gasteiger partial charge < -0.3 is 15.9 Å². The van der Waals surface area contributed by atoms with Gasteiger partial charge in [-0.25, -0.2) is 0 Å². The first-order valence-electron chi connectivity index (χ1n) is 7.70. The number of nitrogens with zero attached hydrogens (tertiary/aromatic N) is 1. The Balaban J connectivity index is 0.000000243. The second-order valence-corrected chi connectivity index (χ2v) is 5.87. The van der Waals surface area contributed by atoms with Gasteiger partial charge in [0.1, 0.15) is 0 Å². The van der Waals surface area contributed by atoms with Gasteiger partial charge in [-0.2, -0.15) is 0 Å². The van der Waals surface area contributed by atoms with Gasteiger partial charge in [-0.1, -0.05) is 12.1 Å². The first-order valence-corrected chi connectivity index (χ1v) is 7.70. The average molecular weight is 338 g/mol. The van der Waals surface area contributed by atoms with Crippen molar-refractivity contribution in [2.24, 2.45) is 11.7 Å². The number of hydrogen-bond donors (Lipinski definition) is 3. The molecule has 24 heavy (non-hydrogen) atoms. The number of hydrogen-bond acceptors (Lipinski definition) is 5. The van der Waals surface area contributed by atoms with Gasteiger partial charge in [0.25, 0.3) is 5.69 Å². The molecule has 0 aliphatic heterocycles. The highest BCUT2D eigenvalue weighted by atomic mass is 16.6. The predicted octanol–water partition coefficient (Wildman–Crippen LogP) is 2.20. The van der Waals surface area contributed by atoms with Crippen molar-refractivity contribution < 1.29 is 24.7 Å². The highest BCUT2D eigenvalue weighted by molar-refractivity contribution is 5.70. The molecule has 0 radical (unpaired) electrons. The Morgan fingerprint density at radius 1 is 1.08 bits per heavy atom. The van der Waals surface area contributed by atoms with Crippen LogP contribution >= 0.6 is 0 Å². The predicted molar refractivity (Wildman–Crippen MR) is 86.6 cm³/mol. The van der Waals surface area contributed by atoms with Crippen molar-refractivity contribution in [3.8, 4) is 0 Å². The van der Waals surface area contributed by atoms with Crippen LogP contribution in [0.4, 0.5) is 5.69 Å². The van der Waals surface area contributed by atoms with E-state index in [2.05, 4.69) is 0 Å². The topological polar surface area (TPSA) is 144 Å². The number of carboxylic acids is 2. The molecule has 2 rings (SSSR count). The number of carboxylic acid groups (broad SMARTS) is 2. The third-order valence-corrected chi connectivity index (χ3v) is 3.86. The van der Waals surface area contributed by atoms with Gasteiger partial charge in [-0.3, -0.25) is 19.7 Å². The van der Waals surface area contributed by atoms with Crippen molar-refractivity contribution in [1.29, 1.82) is 0 Å². The highest BCUT2D eigenvalue weighted by Crippen LogP contribution is 2.25. The van der Waals surface area contributed by atoms with E-state index >= 15 is 0 Å². The minimum Gasteiger partial charge on any atom is -0.481 e. The maximum atomic E-state index is 10.3. The van der Waals surface area contributed by atoms with E-state index in [1.54, 1.807) is 0 Å². The molecule has 8 nitrogen and oxygen atoms in total. The van der Waals surface area contributed by atoms with Crippen LogP contribution in [0.25, 0.3) is 0 Å². The van der Waals surface area contributed by atoms with Crippen molar-refractivity contribution in [1.82, 2.24) is 0 Å². The molecule has 0 unspecified atom stereocenters. The number of benzene rings is 1. The fourth-order valence-corrected chi connectivity index (χ4v) is 2.55. The van der Waals surface area contributed by atoms with E-state index in [4.69, 9.17) is 15.9 Å². The summed E-state index contributed by atoms with van der Waals surface area (Å²) in [5.41, 5.74) is 6.20. The summed E-state index contributed by atoms with van der Waals surface area (Å²) in [5.74, 6) is -1.24. The standard InChI is InChI=1S/C8H7NO4.C8H15NO2/c10-8(11)5-6-1-3-7(4-2-6)9(12)13;9-7-3-1-6(2-4-7)5-8(10)11/h1-4H,5H2,(H,10,11);6-7H,1-5,9H2,(H,10,11). The molecule has 8 heteroatoms. The fraction of sp³-hybridized carbons (Fsp3) is 0.500. The van der Waals surface area contributed by atoms with Crippen LogP contribution in [0, 0.1) is 16.0 Å². The molecule has 1 aromatic rings. The molecule has 0 heterocycles. The molecule has 0 atom stereocenters. The summed E-state index contributed by atoms with van der Waals surface area (Å²) in [6.45, 7) is 0. The van der Waals surface area contributed by atoms with Crippen molar-refractivity contribution in [3.63, 3.8) is 0 Å². The number of aliphatic carboxylic acids is 2. The summed E-state index contributed by atoms with van der Waals surface area (Å²) < 4.78 is 0. The summed E-state index contributed by atoms with van der Waals surface area (Å²) in [6.07, 6.45) is 4.20. The van der Waals surface area contributed by atoms with Gasteiger partial charge in [-0.15, -0.1) is 0 Å². The summed E-state index contributed by atoms with van der Waals surface area (Å²) in [7, 11) is 0. The Labute approximate surface area is 139 Å². The fourth-order valence-electron chi connectivity index (χ4n) is 2.55. The number of non-ortho nitro benzene ring substituents is 1. The molecular weight excluding hydrogens is 316 g/mol. The summed E-state index contributed by atoms with van der Waals surface area (Å²) in [6, 6.07) is 5.77. The molecule has 0 spiro atoms. The van der Waals surface area contributed by atoms with E-state index < -0.39 is 16.9 Å². The number of nitro benzene ring substituents is 1. The molecule has 0 saturated heterocycles. The Bertz CT molecular complexity index is 564. The lowest BCUT2D eigenvalue weighted by molar-refractivity contribution is -0.384. The van der Waals surface area contributed by atoms with Crippen LogP contribution in [0.15, 0.2) is 24.3 Å². The van der Waals surface area contributed by atoms with E-state index in [0.717, 1.165) is 25.7 Å². The number of carbonyl (C=O) groups is 2. The van der Waals surface area contributed by atoms with E-state index in [-0.39, 0.29) is 12.1 Å². The first-order chi connectivity index (χ1) is 11.3. The quantitative estimate of drug-likeness (QED) is 0.551. The number of rotatable bonds is 5. The van der Waals surface area contributed by atoms with E-state index in [9.17, 15) is 19.7 Å². The highest BCUT2D eigenvalue weighted by Gasteiger charge is 2.20. The van der Waals surface area contributed by atoms with E-state index in [1.807, 2.05) is 0 Å². The van der Waals surface area contributed by atoms with Crippen molar-refractivity contribution in [2.45, 2.75) is 44.6 Å². The Hall–Kier alpha value is -2.48. The molecule has 1 saturated carbocycles. The van der Waals surface area contributed by atoms with Gasteiger partial charge in [0.15, 0.2) is 0 Å². The lowest BCUT2D eigenvalue weighted by Gasteiger charge is -2.24. The van der Waals surface area contributed by atoms with Gasteiger partial charge in [0, 0.05) is 24.6 Å². The smallest absolute Gasteiger partial charge is 0.307 e. The normalized spacial score (nSPS) is 19.7. The van der Waals surface area contributed by atoms with E-state index in [1.165, 1.54) is 24.3 Å². The second kappa shape index (κ2) is 9.61. The molecule has 0 bridgehead atoms. The molecule has 1 aromatic carbocycles. The van der Waals surface area contributed by atoms with E-state index in [0.29, 0.717) is 23.9 Å². The zero-order chi connectivity index (χ0) is 18.1. The third kappa shape index (κ3) is 7.68.